The topological polar surface area (TPSA) is 27.0 Å². The molecule has 0 spiro atoms. The first-order valence-corrected chi connectivity index (χ1v) is 13.7. The van der Waals surface area contributed by atoms with Crippen molar-refractivity contribution in [2.45, 2.75) is 39.2 Å². The van der Waals surface area contributed by atoms with Gasteiger partial charge >= 0.3 is 42.6 Å². The number of hydrogen-bond donors (Lipinski definition) is 0. The summed E-state index contributed by atoms with van der Waals surface area (Å²) < 4.78 is 0. The van der Waals surface area contributed by atoms with Crippen molar-refractivity contribution in [3.63, 3.8) is 0 Å². The average molecular weight is 408 g/mol. The number of halogens is 3. The Morgan fingerprint density at radius 2 is 1.57 bits per heavy atom. The second kappa shape index (κ2) is 9.91. The molecule has 0 aliphatic rings. The van der Waals surface area contributed by atoms with Crippen LogP contribution < -0.4 is 0 Å². The molecule has 1 aromatic carbocycles. The van der Waals surface area contributed by atoms with Crippen LogP contribution in [0.4, 0.5) is 5.69 Å². The summed E-state index contributed by atoms with van der Waals surface area (Å²) in [4.78, 5) is 4.37. The predicted octanol–water partition coefficient (Wildman–Crippen LogP) is 7.21. The van der Waals surface area contributed by atoms with E-state index in [2.05, 4.69) is 50.9 Å². The van der Waals surface area contributed by atoms with E-state index >= 15 is 0 Å². The summed E-state index contributed by atoms with van der Waals surface area (Å²) in [6.07, 6.45) is 1.82. The van der Waals surface area contributed by atoms with Gasteiger partial charge in [0.25, 0.3) is 0 Å². The Kier molecular flexibility index (Phi) is 8.96. The van der Waals surface area contributed by atoms with Crippen LogP contribution in [0, 0.1) is 0 Å². The van der Waals surface area contributed by atoms with E-state index in [1.165, 1.54) is 5.56 Å². The van der Waals surface area contributed by atoms with Crippen LogP contribution in [0.1, 0.15) is 45.0 Å². The molecule has 2 rings (SSSR count). The summed E-state index contributed by atoms with van der Waals surface area (Å²) in [7, 11) is 14.9. The molecule has 0 aliphatic heterocycles. The fourth-order valence-corrected chi connectivity index (χ4v) is 2.12. The van der Waals surface area contributed by atoms with Gasteiger partial charge in [0, 0.05) is 11.9 Å². The quantitative estimate of drug-likeness (QED) is 0.494. The van der Waals surface area contributed by atoms with Gasteiger partial charge in [-0.25, -0.2) is 0 Å². The second-order valence-corrected chi connectivity index (χ2v) is 13.8. The molecule has 0 saturated heterocycles. The number of nitrogens with zero attached hydrogens (tertiary/aromatic N) is 2. The Morgan fingerprint density at radius 1 is 1.00 bits per heavy atom. The van der Waals surface area contributed by atoms with Gasteiger partial charge in [-0.15, -0.1) is 5.69 Å². The molecule has 1 aromatic heterocycles. The Labute approximate surface area is 157 Å². The van der Waals surface area contributed by atoms with E-state index < -0.39 is 14.7 Å². The van der Waals surface area contributed by atoms with Crippen molar-refractivity contribution in [3.8, 4) is 0 Å². The number of hydrogen-bond acceptors (Lipinski definition) is 1. The SMILES string of the molecule is CC([N-]c1ccccc1C(C)(C)C)c1ccccn1.[Cl][Ti+]([Cl])[Cl]. The van der Waals surface area contributed by atoms with Crippen molar-refractivity contribution >= 4 is 33.6 Å². The fraction of sp³-hybridized carbons (Fsp3) is 0.353. The van der Waals surface area contributed by atoms with Crippen LogP contribution in [0.15, 0.2) is 48.7 Å². The minimum absolute atomic E-state index is 0.0738. The van der Waals surface area contributed by atoms with Gasteiger partial charge in [0.1, 0.15) is 0 Å². The predicted molar refractivity (Wildman–Crippen MR) is 98.4 cm³/mol. The Morgan fingerprint density at radius 3 is 2.09 bits per heavy atom. The van der Waals surface area contributed by atoms with Crippen molar-refractivity contribution in [2.24, 2.45) is 0 Å². The molecule has 6 heteroatoms. The first-order valence-electron chi connectivity index (χ1n) is 7.26. The molecule has 0 saturated carbocycles. The standard InChI is InChI=1S/C17H21N2.3ClH.Ti/c1-13(15-10-7-8-12-18-15)19-16-11-6-5-9-14(16)17(2,3)4;;;;/h5-13H,1-4H3;3*1H;/q-1;;;;+4/p-3. The number of benzene rings is 1. The number of para-hydroxylation sites is 1. The molecular formula is C17H21Cl3N2Ti. The fourth-order valence-electron chi connectivity index (χ4n) is 2.12. The zero-order valence-electron chi connectivity index (χ0n) is 13.7. The van der Waals surface area contributed by atoms with Crippen LogP contribution in [0.2, 0.25) is 0 Å². The van der Waals surface area contributed by atoms with E-state index in [1.54, 1.807) is 0 Å². The summed E-state index contributed by atoms with van der Waals surface area (Å²) in [5, 5.41) is 4.83. The second-order valence-electron chi connectivity index (χ2n) is 6.04. The monoisotopic (exact) mass is 406 g/mol. The van der Waals surface area contributed by atoms with Gasteiger partial charge in [-0.2, -0.15) is 0 Å². The van der Waals surface area contributed by atoms with Crippen LogP contribution in [0.25, 0.3) is 5.32 Å². The van der Waals surface area contributed by atoms with Gasteiger partial charge in [0.15, 0.2) is 0 Å². The summed E-state index contributed by atoms with van der Waals surface area (Å²) in [6, 6.07) is 14.4. The van der Waals surface area contributed by atoms with Crippen LogP contribution in [-0.4, -0.2) is 4.98 Å². The van der Waals surface area contributed by atoms with Gasteiger partial charge in [0.05, 0.1) is 0 Å². The third-order valence-corrected chi connectivity index (χ3v) is 3.16. The van der Waals surface area contributed by atoms with E-state index in [-0.39, 0.29) is 11.5 Å². The first-order chi connectivity index (χ1) is 10.7. The molecular weight excluding hydrogens is 386 g/mol. The molecule has 0 aliphatic carbocycles. The Hall–Kier alpha value is -0.246. The van der Waals surface area contributed by atoms with Gasteiger partial charge in [-0.05, 0) is 17.5 Å². The van der Waals surface area contributed by atoms with E-state index in [4.69, 9.17) is 33.2 Å². The molecule has 1 atom stereocenters. The molecule has 124 valence electrons. The van der Waals surface area contributed by atoms with Gasteiger partial charge < -0.3 is 5.32 Å². The van der Waals surface area contributed by atoms with Crippen molar-refractivity contribution < 1.29 is 14.7 Å². The van der Waals surface area contributed by atoms with E-state index in [9.17, 15) is 0 Å². The van der Waals surface area contributed by atoms with E-state index in [0.717, 1.165) is 11.4 Å². The molecule has 0 radical (unpaired) electrons. The maximum atomic E-state index is 4.97. The first kappa shape index (κ1) is 20.8. The normalized spacial score (nSPS) is 12.0. The molecule has 1 heterocycles. The zero-order valence-corrected chi connectivity index (χ0v) is 17.6. The van der Waals surface area contributed by atoms with Crippen LogP contribution in [0.5, 0.6) is 0 Å². The Bertz CT molecular complexity index is 583. The third-order valence-electron chi connectivity index (χ3n) is 3.16. The number of rotatable bonds is 3. The minimum atomic E-state index is -1.92. The molecule has 23 heavy (non-hydrogen) atoms. The molecule has 1 unspecified atom stereocenters. The van der Waals surface area contributed by atoms with Gasteiger partial charge in [-0.3, -0.25) is 4.98 Å². The van der Waals surface area contributed by atoms with Crippen molar-refractivity contribution in [1.82, 2.24) is 4.98 Å². The maximum absolute atomic E-state index is 4.97. The zero-order chi connectivity index (χ0) is 17.5. The molecule has 2 aromatic rings. The molecule has 0 fully saturated rings. The molecule has 0 N–H and O–H groups in total. The Balaban J connectivity index is 0.000000593. The summed E-state index contributed by atoms with van der Waals surface area (Å²) in [6.45, 7) is 8.73. The third kappa shape index (κ3) is 7.91. The number of aromatic nitrogens is 1. The summed E-state index contributed by atoms with van der Waals surface area (Å²) in [5.41, 5.74) is 3.45. The van der Waals surface area contributed by atoms with Gasteiger partial charge in [-0.1, -0.05) is 69.6 Å². The molecule has 2 nitrogen and oxygen atoms in total. The van der Waals surface area contributed by atoms with Gasteiger partial charge in [0.2, 0.25) is 0 Å². The van der Waals surface area contributed by atoms with Crippen molar-refractivity contribution in [3.05, 3.63) is 65.2 Å². The van der Waals surface area contributed by atoms with Crippen molar-refractivity contribution in [2.75, 3.05) is 0 Å². The van der Waals surface area contributed by atoms with E-state index in [1.807, 2.05) is 30.5 Å². The van der Waals surface area contributed by atoms with E-state index in [0.29, 0.717) is 0 Å². The van der Waals surface area contributed by atoms with Crippen LogP contribution >= 0.6 is 27.9 Å². The molecule has 0 amide bonds. The molecule has 0 bridgehead atoms. The van der Waals surface area contributed by atoms with Crippen molar-refractivity contribution in [1.29, 1.82) is 0 Å². The summed E-state index contributed by atoms with van der Waals surface area (Å²) >= 11 is -1.92. The van der Waals surface area contributed by atoms with Crippen LogP contribution in [0.3, 0.4) is 0 Å². The number of pyridine rings is 1. The van der Waals surface area contributed by atoms with Crippen LogP contribution in [-0.2, 0) is 20.1 Å². The average Bonchev–Trinajstić information content (AvgIpc) is 2.47. The summed E-state index contributed by atoms with van der Waals surface area (Å²) in [5.74, 6) is 0.